The molecule has 0 aromatic carbocycles. The first kappa shape index (κ1) is 9.48. The lowest BCUT2D eigenvalue weighted by Crippen LogP contribution is -1.84. The van der Waals surface area contributed by atoms with Crippen LogP contribution in [0.2, 0.25) is 0 Å². The molecule has 0 heteroatoms. The molecule has 0 nitrogen and oxygen atoms in total. The van der Waals surface area contributed by atoms with E-state index in [9.17, 15) is 0 Å². The fourth-order valence-electron chi connectivity index (χ4n) is 0.798. The van der Waals surface area contributed by atoms with Crippen molar-refractivity contribution in [3.05, 3.63) is 24.3 Å². The zero-order valence-electron chi connectivity index (χ0n) is 7.30. The van der Waals surface area contributed by atoms with E-state index in [0.29, 0.717) is 5.92 Å². The topological polar surface area (TPSA) is 0 Å². The van der Waals surface area contributed by atoms with Crippen molar-refractivity contribution in [2.75, 3.05) is 0 Å². The van der Waals surface area contributed by atoms with Crippen LogP contribution in [0.5, 0.6) is 0 Å². The Kier molecular flexibility index (Phi) is 6.25. The second kappa shape index (κ2) is 6.60. The van der Waals surface area contributed by atoms with Crippen molar-refractivity contribution in [1.82, 2.24) is 0 Å². The van der Waals surface area contributed by atoms with Crippen LogP contribution in [0.4, 0.5) is 0 Å². The Labute approximate surface area is 64.6 Å². The van der Waals surface area contributed by atoms with Gasteiger partial charge in [-0.1, -0.05) is 38.2 Å². The van der Waals surface area contributed by atoms with Crippen LogP contribution in [0, 0.1) is 5.92 Å². The third-order valence-electron chi connectivity index (χ3n) is 1.44. The summed E-state index contributed by atoms with van der Waals surface area (Å²) in [7, 11) is 0. The van der Waals surface area contributed by atoms with Gasteiger partial charge in [0.25, 0.3) is 0 Å². The summed E-state index contributed by atoms with van der Waals surface area (Å²) in [5.41, 5.74) is 0. The van der Waals surface area contributed by atoms with Crippen molar-refractivity contribution >= 4 is 0 Å². The van der Waals surface area contributed by atoms with E-state index in [4.69, 9.17) is 0 Å². The van der Waals surface area contributed by atoms with E-state index in [1.54, 1.807) is 0 Å². The third kappa shape index (κ3) is 5.61. The molecule has 0 rings (SSSR count). The Morgan fingerprint density at radius 1 is 1.30 bits per heavy atom. The van der Waals surface area contributed by atoms with Crippen LogP contribution < -0.4 is 0 Å². The highest BCUT2D eigenvalue weighted by Gasteiger charge is 1.89. The molecule has 0 aromatic heterocycles. The van der Waals surface area contributed by atoms with E-state index >= 15 is 0 Å². The Bertz CT molecular complexity index is 109. The summed E-state index contributed by atoms with van der Waals surface area (Å²) in [5, 5.41) is 0. The van der Waals surface area contributed by atoms with E-state index in [-0.39, 0.29) is 0 Å². The monoisotopic (exact) mass is 138 g/mol. The molecule has 1 atom stereocenters. The van der Waals surface area contributed by atoms with Crippen molar-refractivity contribution in [3.63, 3.8) is 0 Å². The number of rotatable bonds is 4. The summed E-state index contributed by atoms with van der Waals surface area (Å²) < 4.78 is 0. The summed E-state index contributed by atoms with van der Waals surface area (Å²) in [5.74, 6) is 0.705. The fourth-order valence-corrected chi connectivity index (χ4v) is 0.798. The molecular weight excluding hydrogens is 120 g/mol. The molecule has 0 radical (unpaired) electrons. The maximum Gasteiger partial charge on any atom is -0.0227 e. The van der Waals surface area contributed by atoms with Gasteiger partial charge in [-0.25, -0.2) is 0 Å². The highest BCUT2D eigenvalue weighted by molar-refractivity contribution is 4.90. The van der Waals surface area contributed by atoms with Crippen LogP contribution in [-0.2, 0) is 0 Å². The quantitative estimate of drug-likeness (QED) is 0.521. The number of allylic oxidation sites excluding steroid dienone is 4. The third-order valence-corrected chi connectivity index (χ3v) is 1.44. The highest BCUT2D eigenvalue weighted by atomic mass is 14.0. The highest BCUT2D eigenvalue weighted by Crippen LogP contribution is 2.04. The zero-order chi connectivity index (χ0) is 7.82. The predicted octanol–water partition coefficient (Wildman–Crippen LogP) is 3.55. The lowest BCUT2D eigenvalue weighted by Gasteiger charge is -1.98. The van der Waals surface area contributed by atoms with Crippen LogP contribution in [0.1, 0.15) is 33.6 Å². The van der Waals surface area contributed by atoms with Crippen LogP contribution in [0.25, 0.3) is 0 Å². The molecule has 0 aromatic rings. The minimum atomic E-state index is 0.705. The maximum atomic E-state index is 2.28. The van der Waals surface area contributed by atoms with Gasteiger partial charge in [-0.3, -0.25) is 0 Å². The zero-order valence-corrected chi connectivity index (χ0v) is 7.30. The van der Waals surface area contributed by atoms with Gasteiger partial charge < -0.3 is 0 Å². The van der Waals surface area contributed by atoms with Crippen molar-refractivity contribution in [2.45, 2.75) is 33.6 Å². The molecule has 0 aliphatic heterocycles. The molecule has 0 spiro atoms. The first-order valence-electron chi connectivity index (χ1n) is 4.09. The SMILES string of the molecule is CC=CCC(C)C=CCC. The Morgan fingerprint density at radius 3 is 2.50 bits per heavy atom. The van der Waals surface area contributed by atoms with Crippen LogP contribution in [-0.4, -0.2) is 0 Å². The van der Waals surface area contributed by atoms with E-state index in [1.165, 1.54) is 6.42 Å². The lowest BCUT2D eigenvalue weighted by atomic mass is 10.1. The average Bonchev–Trinajstić information content (AvgIpc) is 1.97. The lowest BCUT2D eigenvalue weighted by molar-refractivity contribution is 0.740. The predicted molar refractivity (Wildman–Crippen MR) is 48.0 cm³/mol. The Morgan fingerprint density at radius 2 is 2.00 bits per heavy atom. The molecule has 0 saturated heterocycles. The minimum Gasteiger partial charge on any atom is -0.0916 e. The van der Waals surface area contributed by atoms with Gasteiger partial charge in [-0.15, -0.1) is 0 Å². The Balaban J connectivity index is 3.42. The largest absolute Gasteiger partial charge is 0.0916 e. The summed E-state index contributed by atoms with van der Waals surface area (Å²) in [6, 6.07) is 0. The van der Waals surface area contributed by atoms with Gasteiger partial charge in [0.15, 0.2) is 0 Å². The summed E-state index contributed by atoms with van der Waals surface area (Å²) in [6.07, 6.45) is 11.2. The van der Waals surface area contributed by atoms with Gasteiger partial charge in [-0.2, -0.15) is 0 Å². The van der Waals surface area contributed by atoms with Gasteiger partial charge in [0.2, 0.25) is 0 Å². The first-order chi connectivity index (χ1) is 4.81. The van der Waals surface area contributed by atoms with Gasteiger partial charge in [0, 0.05) is 0 Å². The van der Waals surface area contributed by atoms with E-state index < -0.39 is 0 Å². The molecule has 0 saturated carbocycles. The molecule has 0 N–H and O–H groups in total. The minimum absolute atomic E-state index is 0.705. The van der Waals surface area contributed by atoms with Crippen molar-refractivity contribution in [3.8, 4) is 0 Å². The molecule has 0 aliphatic carbocycles. The Hall–Kier alpha value is -0.520. The second-order valence-corrected chi connectivity index (χ2v) is 2.62. The molecule has 0 heterocycles. The van der Waals surface area contributed by atoms with Crippen LogP contribution in [0.15, 0.2) is 24.3 Å². The van der Waals surface area contributed by atoms with Crippen molar-refractivity contribution in [1.29, 1.82) is 0 Å². The average molecular weight is 138 g/mol. The van der Waals surface area contributed by atoms with E-state index in [1.807, 2.05) is 0 Å². The van der Waals surface area contributed by atoms with Gasteiger partial charge >= 0.3 is 0 Å². The van der Waals surface area contributed by atoms with Crippen LogP contribution in [0.3, 0.4) is 0 Å². The van der Waals surface area contributed by atoms with Crippen LogP contribution >= 0.6 is 0 Å². The molecule has 58 valence electrons. The van der Waals surface area contributed by atoms with Crippen molar-refractivity contribution in [2.24, 2.45) is 5.92 Å². The standard InChI is InChI=1S/C10H18/c1-4-6-8-10(3)9-7-5-2/h4,6-7,9-10H,5,8H2,1-3H3. The van der Waals surface area contributed by atoms with Gasteiger partial charge in [0.05, 0.1) is 0 Å². The molecule has 0 bridgehead atoms. The number of hydrogen-bond acceptors (Lipinski definition) is 0. The van der Waals surface area contributed by atoms with E-state index in [0.717, 1.165) is 6.42 Å². The summed E-state index contributed by atoms with van der Waals surface area (Å²) in [6.45, 7) is 6.47. The van der Waals surface area contributed by atoms with Gasteiger partial charge in [0.1, 0.15) is 0 Å². The molecule has 0 amide bonds. The fraction of sp³-hybridized carbons (Fsp3) is 0.600. The molecule has 10 heavy (non-hydrogen) atoms. The van der Waals surface area contributed by atoms with E-state index in [2.05, 4.69) is 45.1 Å². The summed E-state index contributed by atoms with van der Waals surface area (Å²) in [4.78, 5) is 0. The normalized spacial score (nSPS) is 15.1. The molecule has 0 aliphatic rings. The maximum absolute atomic E-state index is 2.28. The molecule has 1 unspecified atom stereocenters. The smallest absolute Gasteiger partial charge is 0.0227 e. The van der Waals surface area contributed by atoms with Gasteiger partial charge in [-0.05, 0) is 25.7 Å². The first-order valence-corrected chi connectivity index (χ1v) is 4.09. The number of hydrogen-bond donors (Lipinski definition) is 0. The molecular formula is C10H18. The summed E-state index contributed by atoms with van der Waals surface area (Å²) >= 11 is 0. The van der Waals surface area contributed by atoms with Crippen molar-refractivity contribution < 1.29 is 0 Å². The molecule has 0 fully saturated rings. The second-order valence-electron chi connectivity index (χ2n) is 2.62.